The Labute approximate surface area is 195 Å². The van der Waals surface area contributed by atoms with Gasteiger partial charge in [0.05, 0.1) is 5.69 Å². The standard InChI is InChI=1S/C28H29N5/c1-32(2)22-12-8-20(9-13-22)28(21-10-14-23(15-11-21)33(3)4)17-16-24-26(19-28)30-31-27(24)25-7-5-6-18-29-25/h5-18H,19H2,1-4H3,(H,30,31). The molecule has 166 valence electrons. The van der Waals surface area contributed by atoms with Crippen LogP contribution in [-0.4, -0.2) is 43.4 Å². The van der Waals surface area contributed by atoms with Gasteiger partial charge in [0, 0.05) is 68.9 Å². The summed E-state index contributed by atoms with van der Waals surface area (Å²) in [6, 6.07) is 23.7. The maximum absolute atomic E-state index is 4.64. The fourth-order valence-electron chi connectivity index (χ4n) is 4.64. The Balaban J connectivity index is 1.62. The third kappa shape index (κ3) is 3.69. The molecule has 33 heavy (non-hydrogen) atoms. The summed E-state index contributed by atoms with van der Waals surface area (Å²) in [5, 5.41) is 7.96. The van der Waals surface area contributed by atoms with Crippen molar-refractivity contribution in [3.63, 3.8) is 0 Å². The first-order chi connectivity index (χ1) is 16.0. The Morgan fingerprint density at radius 2 is 1.39 bits per heavy atom. The third-order valence-electron chi connectivity index (χ3n) is 6.58. The number of fused-ring (bicyclic) bond motifs is 1. The minimum atomic E-state index is -0.281. The van der Waals surface area contributed by atoms with Gasteiger partial charge in [-0.1, -0.05) is 42.5 Å². The Kier molecular flexibility index (Phi) is 5.25. The van der Waals surface area contributed by atoms with Crippen LogP contribution in [0.3, 0.4) is 0 Å². The first-order valence-corrected chi connectivity index (χ1v) is 11.2. The van der Waals surface area contributed by atoms with Crippen molar-refractivity contribution in [1.82, 2.24) is 15.2 Å². The van der Waals surface area contributed by atoms with Gasteiger partial charge in [0.2, 0.25) is 0 Å². The molecule has 5 nitrogen and oxygen atoms in total. The van der Waals surface area contributed by atoms with Gasteiger partial charge in [-0.05, 0) is 47.5 Å². The molecule has 2 aromatic carbocycles. The van der Waals surface area contributed by atoms with Crippen LogP contribution in [0.25, 0.3) is 17.5 Å². The average molecular weight is 436 g/mol. The molecule has 5 rings (SSSR count). The molecule has 0 bridgehead atoms. The van der Waals surface area contributed by atoms with Crippen LogP contribution < -0.4 is 9.80 Å². The molecule has 0 amide bonds. The van der Waals surface area contributed by atoms with E-state index < -0.39 is 0 Å². The van der Waals surface area contributed by atoms with Crippen molar-refractivity contribution in [2.24, 2.45) is 0 Å². The Morgan fingerprint density at radius 3 is 1.91 bits per heavy atom. The van der Waals surface area contributed by atoms with E-state index in [-0.39, 0.29) is 5.41 Å². The molecule has 0 fully saturated rings. The maximum atomic E-state index is 4.64. The van der Waals surface area contributed by atoms with Crippen LogP contribution in [-0.2, 0) is 11.8 Å². The molecule has 0 spiro atoms. The SMILES string of the molecule is CN(C)c1ccc(C2(c3ccc(N(C)C)cc3)C=Cc3c(-c4ccccn4)n[nH]c3C2)cc1. The summed E-state index contributed by atoms with van der Waals surface area (Å²) >= 11 is 0. The van der Waals surface area contributed by atoms with Crippen molar-refractivity contribution in [3.05, 3.63) is 101 Å². The van der Waals surface area contributed by atoms with Crippen LogP contribution in [0.2, 0.25) is 0 Å². The molecule has 0 saturated carbocycles. The number of nitrogens with one attached hydrogen (secondary N) is 1. The van der Waals surface area contributed by atoms with Crippen LogP contribution in [0.4, 0.5) is 11.4 Å². The molecular formula is C28H29N5. The van der Waals surface area contributed by atoms with E-state index in [0.29, 0.717) is 0 Å². The third-order valence-corrected chi connectivity index (χ3v) is 6.58. The lowest BCUT2D eigenvalue weighted by atomic mass is 9.68. The summed E-state index contributed by atoms with van der Waals surface area (Å²) in [6.07, 6.45) is 7.17. The Morgan fingerprint density at radius 1 is 0.788 bits per heavy atom. The molecule has 4 aromatic rings. The molecule has 2 heterocycles. The molecule has 1 aliphatic rings. The van der Waals surface area contributed by atoms with Crippen molar-refractivity contribution < 1.29 is 0 Å². The highest BCUT2D eigenvalue weighted by molar-refractivity contribution is 5.75. The van der Waals surface area contributed by atoms with E-state index >= 15 is 0 Å². The van der Waals surface area contributed by atoms with Gasteiger partial charge in [-0.25, -0.2) is 0 Å². The molecule has 0 unspecified atom stereocenters. The second-order valence-corrected chi connectivity index (χ2v) is 9.04. The zero-order valence-corrected chi connectivity index (χ0v) is 19.6. The van der Waals surface area contributed by atoms with Gasteiger partial charge in [-0.3, -0.25) is 10.1 Å². The van der Waals surface area contributed by atoms with Gasteiger partial charge in [-0.15, -0.1) is 0 Å². The largest absolute Gasteiger partial charge is 0.378 e. The first kappa shape index (κ1) is 21.0. The van der Waals surface area contributed by atoms with E-state index in [1.54, 1.807) is 0 Å². The molecule has 5 heteroatoms. The lowest BCUT2D eigenvalue weighted by Gasteiger charge is -2.35. The molecule has 0 saturated heterocycles. The number of allylic oxidation sites excluding steroid dienone is 1. The van der Waals surface area contributed by atoms with Crippen LogP contribution >= 0.6 is 0 Å². The van der Waals surface area contributed by atoms with Gasteiger partial charge in [-0.2, -0.15) is 5.10 Å². The van der Waals surface area contributed by atoms with Crippen molar-refractivity contribution >= 4 is 17.5 Å². The second kappa shape index (κ2) is 8.24. The van der Waals surface area contributed by atoms with Crippen LogP contribution in [0.5, 0.6) is 0 Å². The van der Waals surface area contributed by atoms with Gasteiger partial charge in [0.1, 0.15) is 5.69 Å². The molecule has 0 radical (unpaired) electrons. The summed E-state index contributed by atoms with van der Waals surface area (Å²) in [5.41, 5.74) is 8.68. The second-order valence-electron chi connectivity index (χ2n) is 9.04. The molecule has 0 atom stereocenters. The summed E-state index contributed by atoms with van der Waals surface area (Å²) in [6.45, 7) is 0. The van der Waals surface area contributed by atoms with Crippen LogP contribution in [0.1, 0.15) is 22.4 Å². The topological polar surface area (TPSA) is 48.1 Å². The normalized spacial score (nSPS) is 14.1. The van der Waals surface area contributed by atoms with E-state index in [4.69, 9.17) is 0 Å². The Hall–Kier alpha value is -3.86. The number of hydrogen-bond acceptors (Lipinski definition) is 4. The predicted octanol–water partition coefficient (Wildman–Crippen LogP) is 5.16. The molecule has 1 aliphatic carbocycles. The maximum Gasteiger partial charge on any atom is 0.118 e. The van der Waals surface area contributed by atoms with Crippen molar-refractivity contribution in [2.75, 3.05) is 38.0 Å². The predicted molar refractivity (Wildman–Crippen MR) is 137 cm³/mol. The number of pyridine rings is 1. The number of hydrogen-bond donors (Lipinski definition) is 1. The van der Waals surface area contributed by atoms with Gasteiger partial charge in [0.15, 0.2) is 0 Å². The van der Waals surface area contributed by atoms with Crippen LogP contribution in [0.15, 0.2) is 79.0 Å². The fraction of sp³-hybridized carbons (Fsp3) is 0.214. The van der Waals surface area contributed by atoms with Gasteiger partial charge < -0.3 is 9.80 Å². The smallest absolute Gasteiger partial charge is 0.118 e. The molecule has 1 N–H and O–H groups in total. The van der Waals surface area contributed by atoms with Crippen molar-refractivity contribution in [2.45, 2.75) is 11.8 Å². The molecular weight excluding hydrogens is 406 g/mol. The summed E-state index contributed by atoms with van der Waals surface area (Å²) in [4.78, 5) is 8.77. The number of rotatable bonds is 5. The lowest BCUT2D eigenvalue weighted by molar-refractivity contribution is 0.620. The number of H-pyrrole nitrogens is 1. The number of benzene rings is 2. The number of aromatic nitrogens is 3. The molecule has 0 aliphatic heterocycles. The van der Waals surface area contributed by atoms with E-state index in [2.05, 4.69) is 114 Å². The fourth-order valence-corrected chi connectivity index (χ4v) is 4.64. The first-order valence-electron chi connectivity index (χ1n) is 11.2. The zero-order valence-electron chi connectivity index (χ0n) is 19.6. The highest BCUT2D eigenvalue weighted by atomic mass is 15.1. The van der Waals surface area contributed by atoms with Gasteiger partial charge >= 0.3 is 0 Å². The van der Waals surface area contributed by atoms with Crippen molar-refractivity contribution in [3.8, 4) is 11.4 Å². The average Bonchev–Trinajstić information content (AvgIpc) is 3.27. The highest BCUT2D eigenvalue weighted by Gasteiger charge is 2.36. The van der Waals surface area contributed by atoms with Crippen LogP contribution in [0, 0.1) is 0 Å². The number of anilines is 2. The van der Waals surface area contributed by atoms with E-state index in [1.165, 1.54) is 22.5 Å². The Bertz CT molecular complexity index is 1210. The number of nitrogens with zero attached hydrogens (tertiary/aromatic N) is 4. The van der Waals surface area contributed by atoms with E-state index in [0.717, 1.165) is 29.1 Å². The summed E-state index contributed by atoms with van der Waals surface area (Å²) in [7, 11) is 8.28. The van der Waals surface area contributed by atoms with E-state index in [9.17, 15) is 0 Å². The lowest BCUT2D eigenvalue weighted by Crippen LogP contribution is -2.30. The minimum absolute atomic E-state index is 0.281. The van der Waals surface area contributed by atoms with Crippen molar-refractivity contribution in [1.29, 1.82) is 0 Å². The monoisotopic (exact) mass is 435 g/mol. The highest BCUT2D eigenvalue weighted by Crippen LogP contribution is 2.43. The summed E-state index contributed by atoms with van der Waals surface area (Å²) in [5.74, 6) is 0. The quantitative estimate of drug-likeness (QED) is 0.470. The molecule has 2 aromatic heterocycles. The van der Waals surface area contributed by atoms with E-state index in [1.807, 2.05) is 24.4 Å². The summed E-state index contributed by atoms with van der Waals surface area (Å²) < 4.78 is 0. The number of aromatic amines is 1. The van der Waals surface area contributed by atoms with Gasteiger partial charge in [0.25, 0.3) is 0 Å². The zero-order chi connectivity index (χ0) is 23.0. The minimum Gasteiger partial charge on any atom is -0.378 e.